The maximum Gasteiger partial charge on any atom is 0.129 e. The fourth-order valence-electron chi connectivity index (χ4n) is 1.26. The third kappa shape index (κ3) is 1.91. The zero-order valence-corrected chi connectivity index (χ0v) is 8.49. The summed E-state index contributed by atoms with van der Waals surface area (Å²) in [7, 11) is 0. The highest BCUT2D eigenvalue weighted by Crippen LogP contribution is 2.18. The van der Waals surface area contributed by atoms with Gasteiger partial charge in [-0.25, -0.2) is 4.98 Å². The minimum absolute atomic E-state index is 0.504. The molecule has 0 saturated heterocycles. The van der Waals surface area contributed by atoms with Crippen molar-refractivity contribution < 1.29 is 0 Å². The number of hydrogen-bond donors (Lipinski definition) is 0. The van der Waals surface area contributed by atoms with Crippen LogP contribution in [0.2, 0.25) is 5.15 Å². The van der Waals surface area contributed by atoms with E-state index in [1.165, 1.54) is 0 Å². The maximum atomic E-state index is 5.80. The predicted molar refractivity (Wildman–Crippen MR) is 57.2 cm³/mol. The van der Waals surface area contributed by atoms with Crippen LogP contribution in [-0.4, -0.2) is 9.97 Å². The van der Waals surface area contributed by atoms with E-state index in [0.29, 0.717) is 5.15 Å². The molecule has 14 heavy (non-hydrogen) atoms. The first-order valence-corrected chi connectivity index (χ1v) is 4.68. The lowest BCUT2D eigenvalue weighted by Gasteiger charge is -2.01. The summed E-state index contributed by atoms with van der Waals surface area (Å²) < 4.78 is 0. The first kappa shape index (κ1) is 9.16. The van der Waals surface area contributed by atoms with Gasteiger partial charge < -0.3 is 0 Å². The fourth-order valence-corrected chi connectivity index (χ4v) is 1.43. The second-order valence-electron chi connectivity index (χ2n) is 3.10. The number of rotatable bonds is 1. The molecule has 2 nitrogen and oxygen atoms in total. The molecular weight excluding hydrogens is 196 g/mol. The standard InChI is InChI=1S/C11H9ClN2/c1-8-5-9(7-13-6-8)10-3-2-4-11(12)14-10/h2-7H,1H3. The molecular formula is C11H9ClN2. The molecule has 0 aliphatic heterocycles. The van der Waals surface area contributed by atoms with Crippen molar-refractivity contribution in [2.45, 2.75) is 6.92 Å². The smallest absolute Gasteiger partial charge is 0.129 e. The molecule has 0 bridgehead atoms. The monoisotopic (exact) mass is 204 g/mol. The van der Waals surface area contributed by atoms with Gasteiger partial charge in [-0.1, -0.05) is 17.7 Å². The van der Waals surface area contributed by atoms with Gasteiger partial charge >= 0.3 is 0 Å². The first-order chi connectivity index (χ1) is 6.75. The lowest BCUT2D eigenvalue weighted by molar-refractivity contribution is 1.24. The molecule has 0 spiro atoms. The van der Waals surface area contributed by atoms with Crippen molar-refractivity contribution in [1.82, 2.24) is 9.97 Å². The van der Waals surface area contributed by atoms with Gasteiger partial charge in [0.25, 0.3) is 0 Å². The van der Waals surface area contributed by atoms with Gasteiger partial charge in [0, 0.05) is 18.0 Å². The van der Waals surface area contributed by atoms with Crippen LogP contribution in [0.4, 0.5) is 0 Å². The summed E-state index contributed by atoms with van der Waals surface area (Å²) in [5.74, 6) is 0. The Bertz CT molecular complexity index is 411. The molecule has 0 radical (unpaired) electrons. The van der Waals surface area contributed by atoms with Crippen LogP contribution in [0.15, 0.2) is 36.7 Å². The molecule has 0 fully saturated rings. The molecule has 0 aromatic carbocycles. The van der Waals surface area contributed by atoms with E-state index in [4.69, 9.17) is 11.6 Å². The van der Waals surface area contributed by atoms with E-state index in [0.717, 1.165) is 16.8 Å². The van der Waals surface area contributed by atoms with Crippen LogP contribution in [0, 0.1) is 6.92 Å². The van der Waals surface area contributed by atoms with E-state index in [2.05, 4.69) is 9.97 Å². The van der Waals surface area contributed by atoms with Crippen molar-refractivity contribution in [3.63, 3.8) is 0 Å². The molecule has 0 saturated carbocycles. The van der Waals surface area contributed by atoms with E-state index in [9.17, 15) is 0 Å². The van der Waals surface area contributed by atoms with Gasteiger partial charge in [0.05, 0.1) is 5.69 Å². The van der Waals surface area contributed by atoms with Gasteiger partial charge in [-0.2, -0.15) is 0 Å². The van der Waals surface area contributed by atoms with Crippen LogP contribution in [0.1, 0.15) is 5.56 Å². The van der Waals surface area contributed by atoms with E-state index >= 15 is 0 Å². The first-order valence-electron chi connectivity index (χ1n) is 4.30. The highest BCUT2D eigenvalue weighted by Gasteiger charge is 1.99. The average Bonchev–Trinajstić information content (AvgIpc) is 2.18. The van der Waals surface area contributed by atoms with Crippen molar-refractivity contribution in [3.8, 4) is 11.3 Å². The molecule has 2 heterocycles. The highest BCUT2D eigenvalue weighted by molar-refractivity contribution is 6.29. The van der Waals surface area contributed by atoms with E-state index in [-0.39, 0.29) is 0 Å². The highest BCUT2D eigenvalue weighted by atomic mass is 35.5. The molecule has 0 amide bonds. The number of nitrogens with zero attached hydrogens (tertiary/aromatic N) is 2. The Kier molecular flexibility index (Phi) is 2.46. The second-order valence-corrected chi connectivity index (χ2v) is 3.48. The Hall–Kier alpha value is -1.41. The van der Waals surface area contributed by atoms with Crippen LogP contribution in [0.3, 0.4) is 0 Å². The summed E-state index contributed by atoms with van der Waals surface area (Å²) in [4.78, 5) is 8.32. The van der Waals surface area contributed by atoms with Crippen molar-refractivity contribution in [1.29, 1.82) is 0 Å². The third-order valence-electron chi connectivity index (χ3n) is 1.89. The van der Waals surface area contributed by atoms with E-state index < -0.39 is 0 Å². The second kappa shape index (κ2) is 3.76. The number of pyridine rings is 2. The Balaban J connectivity index is 2.49. The summed E-state index contributed by atoms with van der Waals surface area (Å²) in [5, 5.41) is 0.504. The normalized spacial score (nSPS) is 10.1. The number of aryl methyl sites for hydroxylation is 1. The summed E-state index contributed by atoms with van der Waals surface area (Å²) >= 11 is 5.80. The van der Waals surface area contributed by atoms with Crippen molar-refractivity contribution >= 4 is 11.6 Å². The van der Waals surface area contributed by atoms with Gasteiger partial charge in [-0.3, -0.25) is 4.98 Å². The summed E-state index contributed by atoms with van der Waals surface area (Å²) in [6, 6.07) is 7.59. The summed E-state index contributed by atoms with van der Waals surface area (Å²) in [6.45, 7) is 2.00. The van der Waals surface area contributed by atoms with Crippen LogP contribution in [-0.2, 0) is 0 Å². The lowest BCUT2D eigenvalue weighted by Crippen LogP contribution is -1.85. The van der Waals surface area contributed by atoms with Gasteiger partial charge in [-0.05, 0) is 30.7 Å². The minimum atomic E-state index is 0.504. The third-order valence-corrected chi connectivity index (χ3v) is 2.10. The molecule has 0 aliphatic carbocycles. The Morgan fingerprint density at radius 2 is 2.07 bits per heavy atom. The average molecular weight is 205 g/mol. The van der Waals surface area contributed by atoms with E-state index in [1.54, 1.807) is 12.3 Å². The van der Waals surface area contributed by atoms with E-state index in [1.807, 2.05) is 31.3 Å². The number of aromatic nitrogens is 2. The molecule has 0 N–H and O–H groups in total. The topological polar surface area (TPSA) is 25.8 Å². The molecule has 2 aromatic heterocycles. The van der Waals surface area contributed by atoms with Crippen LogP contribution < -0.4 is 0 Å². The Morgan fingerprint density at radius 3 is 2.79 bits per heavy atom. The summed E-state index contributed by atoms with van der Waals surface area (Å²) in [5.41, 5.74) is 2.96. The molecule has 2 rings (SSSR count). The molecule has 0 atom stereocenters. The Morgan fingerprint density at radius 1 is 1.21 bits per heavy atom. The SMILES string of the molecule is Cc1cncc(-c2cccc(Cl)n2)c1. The lowest BCUT2D eigenvalue weighted by atomic mass is 10.1. The maximum absolute atomic E-state index is 5.80. The van der Waals surface area contributed by atoms with Crippen LogP contribution >= 0.6 is 11.6 Å². The van der Waals surface area contributed by atoms with Crippen LogP contribution in [0.25, 0.3) is 11.3 Å². The van der Waals surface area contributed by atoms with Crippen molar-refractivity contribution in [2.24, 2.45) is 0 Å². The molecule has 3 heteroatoms. The quantitative estimate of drug-likeness (QED) is 0.667. The van der Waals surface area contributed by atoms with Gasteiger partial charge in [-0.15, -0.1) is 0 Å². The van der Waals surface area contributed by atoms with Gasteiger partial charge in [0.1, 0.15) is 5.15 Å². The predicted octanol–water partition coefficient (Wildman–Crippen LogP) is 3.11. The van der Waals surface area contributed by atoms with Gasteiger partial charge in [0.15, 0.2) is 0 Å². The van der Waals surface area contributed by atoms with Crippen LogP contribution in [0.5, 0.6) is 0 Å². The minimum Gasteiger partial charge on any atom is -0.264 e. The van der Waals surface area contributed by atoms with Crippen molar-refractivity contribution in [2.75, 3.05) is 0 Å². The molecule has 0 aliphatic rings. The molecule has 70 valence electrons. The number of halogens is 1. The summed E-state index contributed by atoms with van der Waals surface area (Å²) in [6.07, 6.45) is 3.60. The number of hydrogen-bond acceptors (Lipinski definition) is 2. The van der Waals surface area contributed by atoms with Crippen molar-refractivity contribution in [3.05, 3.63) is 47.4 Å². The fraction of sp³-hybridized carbons (Fsp3) is 0.0909. The largest absolute Gasteiger partial charge is 0.264 e. The van der Waals surface area contributed by atoms with Gasteiger partial charge in [0.2, 0.25) is 0 Å². The zero-order chi connectivity index (χ0) is 9.97. The molecule has 2 aromatic rings. The molecule has 0 unspecified atom stereocenters. The Labute approximate surface area is 87.6 Å². The zero-order valence-electron chi connectivity index (χ0n) is 7.74.